The fraction of sp³-hybridized carbons (Fsp3) is 0.200. The minimum Gasteiger partial charge on any atom is -0.307 e. The largest absolute Gasteiger partial charge is 2.00 e. The summed E-state index contributed by atoms with van der Waals surface area (Å²) in [7, 11) is -3.90. The van der Waals surface area contributed by atoms with Crippen LogP contribution in [-0.2, 0) is 35.2 Å². The number of rotatable bonds is 6. The SMILES string of the molecule is Cc1cc(C)cc(C)c1.Cc1ccc(S(=O)(=O)N[C@@](N)(c2ccccc2)[C@@H](Cl)c2ccccc2)cc1.[Ru+2]. The molecule has 3 N–H and O–H groups in total. The Balaban J connectivity index is 0.000000408. The molecule has 0 aliphatic heterocycles. The minimum atomic E-state index is -3.90. The molecule has 0 unspecified atom stereocenters. The third-order valence-electron chi connectivity index (χ3n) is 5.74. The summed E-state index contributed by atoms with van der Waals surface area (Å²) in [6, 6.07) is 31.3. The van der Waals surface area contributed by atoms with E-state index in [1.807, 2.05) is 43.3 Å². The molecule has 0 saturated carbocycles. The van der Waals surface area contributed by atoms with Gasteiger partial charge in [0.05, 0.1) is 10.3 Å². The van der Waals surface area contributed by atoms with Crippen molar-refractivity contribution in [3.8, 4) is 0 Å². The zero-order valence-corrected chi connectivity index (χ0v) is 24.7. The molecule has 4 rings (SSSR count). The van der Waals surface area contributed by atoms with Gasteiger partial charge in [0.25, 0.3) is 0 Å². The molecule has 0 amide bonds. The molecule has 0 aliphatic rings. The molecule has 4 aromatic rings. The van der Waals surface area contributed by atoms with Crippen molar-refractivity contribution < 1.29 is 27.9 Å². The maximum atomic E-state index is 13.0. The molecule has 2 atom stereocenters. The van der Waals surface area contributed by atoms with Crippen LogP contribution in [0.5, 0.6) is 0 Å². The Bertz CT molecular complexity index is 1330. The van der Waals surface area contributed by atoms with E-state index in [0.717, 1.165) is 11.1 Å². The van der Waals surface area contributed by atoms with Gasteiger partial charge in [-0.25, -0.2) is 8.42 Å². The standard InChI is InChI=1S/C21H21ClN2O2S.C9H12.Ru/c1-16-12-14-19(15-13-16)27(25,26)24-21(23,18-10-6-3-7-11-18)20(22)17-8-4-2-5-9-17;1-7-4-8(2)6-9(3)5-7;/h2-15,20,24H,23H2,1H3;4-6H,1-3H3;/q;;+2/t20-,21-;;/m0../s1. The van der Waals surface area contributed by atoms with E-state index in [1.54, 1.807) is 48.5 Å². The van der Waals surface area contributed by atoms with Crippen LogP contribution in [0.3, 0.4) is 0 Å². The fourth-order valence-electron chi connectivity index (χ4n) is 4.06. The zero-order valence-electron chi connectivity index (χ0n) is 21.4. The molecule has 4 aromatic carbocycles. The van der Waals surface area contributed by atoms with Crippen LogP contribution in [0.4, 0.5) is 0 Å². The number of hydrogen-bond acceptors (Lipinski definition) is 3. The predicted molar refractivity (Wildman–Crippen MR) is 149 cm³/mol. The van der Waals surface area contributed by atoms with E-state index in [9.17, 15) is 8.42 Å². The van der Waals surface area contributed by atoms with Gasteiger partial charge in [-0.2, -0.15) is 4.72 Å². The van der Waals surface area contributed by atoms with Crippen LogP contribution in [0.2, 0.25) is 0 Å². The molecule has 7 heteroatoms. The first-order valence-electron chi connectivity index (χ1n) is 11.7. The Hall–Kier alpha value is -2.34. The zero-order chi connectivity index (χ0) is 26.3. The van der Waals surface area contributed by atoms with E-state index in [0.29, 0.717) is 5.56 Å². The van der Waals surface area contributed by atoms with Crippen LogP contribution in [0, 0.1) is 27.7 Å². The quantitative estimate of drug-likeness (QED) is 0.143. The summed E-state index contributed by atoms with van der Waals surface area (Å²) < 4.78 is 28.7. The molecule has 37 heavy (non-hydrogen) atoms. The Morgan fingerprint density at radius 1 is 0.703 bits per heavy atom. The van der Waals surface area contributed by atoms with Crippen molar-refractivity contribution in [1.29, 1.82) is 0 Å². The molecule has 0 radical (unpaired) electrons. The van der Waals surface area contributed by atoms with E-state index in [-0.39, 0.29) is 24.4 Å². The molecule has 194 valence electrons. The van der Waals surface area contributed by atoms with Gasteiger partial charge < -0.3 is 5.73 Å². The molecule has 0 saturated heterocycles. The van der Waals surface area contributed by atoms with Crippen LogP contribution in [0.15, 0.2) is 108 Å². The number of nitrogens with two attached hydrogens (primary N) is 1. The smallest absolute Gasteiger partial charge is 0.307 e. The number of hydrogen-bond donors (Lipinski definition) is 2. The number of nitrogens with one attached hydrogen (secondary N) is 1. The summed E-state index contributed by atoms with van der Waals surface area (Å²) in [4.78, 5) is 0.135. The molecular weight excluding hydrogens is 589 g/mol. The Morgan fingerprint density at radius 2 is 1.14 bits per heavy atom. The van der Waals surface area contributed by atoms with Crippen LogP contribution in [-0.4, -0.2) is 8.42 Å². The van der Waals surface area contributed by atoms with Gasteiger partial charge in [0.15, 0.2) is 0 Å². The van der Waals surface area contributed by atoms with Gasteiger partial charge >= 0.3 is 19.5 Å². The van der Waals surface area contributed by atoms with E-state index in [2.05, 4.69) is 43.7 Å². The third-order valence-corrected chi connectivity index (χ3v) is 7.84. The van der Waals surface area contributed by atoms with Crippen molar-refractivity contribution in [2.75, 3.05) is 0 Å². The molecule has 0 fully saturated rings. The maximum absolute atomic E-state index is 13.0. The minimum absolute atomic E-state index is 0. The second kappa shape index (κ2) is 13.5. The first-order chi connectivity index (χ1) is 17.0. The van der Waals surface area contributed by atoms with Crippen molar-refractivity contribution in [2.24, 2.45) is 5.73 Å². The number of aryl methyl sites for hydroxylation is 4. The Kier molecular flexibility index (Phi) is 11.2. The number of benzene rings is 4. The van der Waals surface area contributed by atoms with E-state index in [4.69, 9.17) is 17.3 Å². The maximum Gasteiger partial charge on any atom is 2.00 e. The van der Waals surface area contributed by atoms with Gasteiger partial charge in [0, 0.05) is 0 Å². The topological polar surface area (TPSA) is 72.2 Å². The van der Waals surface area contributed by atoms with E-state index in [1.165, 1.54) is 16.7 Å². The summed E-state index contributed by atoms with van der Waals surface area (Å²) in [5.74, 6) is 0. The number of sulfonamides is 1. The molecule has 0 aliphatic carbocycles. The van der Waals surface area contributed by atoms with Gasteiger partial charge in [-0.15, -0.1) is 11.6 Å². The number of halogens is 1. The van der Waals surface area contributed by atoms with Crippen LogP contribution < -0.4 is 10.5 Å². The van der Waals surface area contributed by atoms with Gasteiger partial charge in [-0.1, -0.05) is 113 Å². The molecule has 0 heterocycles. The van der Waals surface area contributed by atoms with E-state index >= 15 is 0 Å². The van der Waals surface area contributed by atoms with Crippen LogP contribution in [0.25, 0.3) is 0 Å². The van der Waals surface area contributed by atoms with Crippen molar-refractivity contribution in [1.82, 2.24) is 4.72 Å². The van der Waals surface area contributed by atoms with E-state index < -0.39 is 21.1 Å². The summed E-state index contributed by atoms with van der Waals surface area (Å²) in [6.45, 7) is 8.27. The molecule has 4 nitrogen and oxygen atoms in total. The van der Waals surface area contributed by atoms with Crippen molar-refractivity contribution in [3.05, 3.63) is 137 Å². The Morgan fingerprint density at radius 3 is 1.59 bits per heavy atom. The first-order valence-corrected chi connectivity index (χ1v) is 13.6. The van der Waals surface area contributed by atoms with Gasteiger partial charge in [-0.05, 0) is 51.0 Å². The van der Waals surface area contributed by atoms with Crippen LogP contribution >= 0.6 is 11.6 Å². The van der Waals surface area contributed by atoms with Gasteiger partial charge in [0.1, 0.15) is 5.66 Å². The fourth-order valence-corrected chi connectivity index (χ4v) is 5.74. The molecule has 0 spiro atoms. The second-order valence-corrected chi connectivity index (χ2v) is 11.2. The van der Waals surface area contributed by atoms with Gasteiger partial charge in [0.2, 0.25) is 10.0 Å². The molecular formula is C30H33ClN2O2RuS+2. The van der Waals surface area contributed by atoms with Crippen molar-refractivity contribution in [2.45, 2.75) is 43.6 Å². The molecule has 0 bridgehead atoms. The summed E-state index contributed by atoms with van der Waals surface area (Å²) in [6.07, 6.45) is 0. The predicted octanol–water partition coefficient (Wildman–Crippen LogP) is 6.67. The summed E-state index contributed by atoms with van der Waals surface area (Å²) >= 11 is 6.71. The summed E-state index contributed by atoms with van der Waals surface area (Å²) in [5.41, 5.74) is 11.4. The first kappa shape index (κ1) is 30.9. The third kappa shape index (κ3) is 8.33. The second-order valence-electron chi connectivity index (χ2n) is 9.09. The average Bonchev–Trinajstić information content (AvgIpc) is 2.84. The van der Waals surface area contributed by atoms with Gasteiger partial charge in [-0.3, -0.25) is 0 Å². The molecule has 0 aromatic heterocycles. The number of alkyl halides is 1. The van der Waals surface area contributed by atoms with Crippen molar-refractivity contribution in [3.63, 3.8) is 0 Å². The summed E-state index contributed by atoms with van der Waals surface area (Å²) in [5, 5.41) is -0.818. The normalized spacial score (nSPS) is 13.4. The van der Waals surface area contributed by atoms with Crippen LogP contribution in [0.1, 0.15) is 38.8 Å². The Labute approximate surface area is 239 Å². The van der Waals surface area contributed by atoms with Crippen molar-refractivity contribution >= 4 is 21.6 Å². The monoisotopic (exact) mass is 622 g/mol. The average molecular weight is 622 g/mol.